The number of rotatable bonds is 4. The molecule has 5 heteroatoms. The highest BCUT2D eigenvalue weighted by atomic mass is 32.1. The predicted molar refractivity (Wildman–Crippen MR) is 74.3 cm³/mol. The molecule has 0 aliphatic carbocycles. The fourth-order valence-electron chi connectivity index (χ4n) is 1.88. The molecule has 0 N–H and O–H groups in total. The molecule has 1 amide bonds. The van der Waals surface area contributed by atoms with Gasteiger partial charge in [0.15, 0.2) is 5.82 Å². The van der Waals surface area contributed by atoms with Crippen LogP contribution in [0.2, 0.25) is 0 Å². The first-order chi connectivity index (χ1) is 8.65. The Morgan fingerprint density at radius 2 is 2.33 bits per heavy atom. The van der Waals surface area contributed by atoms with Gasteiger partial charge in [0, 0.05) is 25.9 Å². The van der Waals surface area contributed by atoms with Crippen LogP contribution in [0.25, 0.3) is 10.7 Å². The number of nitrogens with zero attached hydrogens (tertiary/aromatic N) is 3. The fourth-order valence-corrected chi connectivity index (χ4v) is 2.80. The molecule has 0 aromatic carbocycles. The van der Waals surface area contributed by atoms with Crippen LogP contribution >= 0.6 is 11.3 Å². The third-order valence-electron chi connectivity index (χ3n) is 2.75. The van der Waals surface area contributed by atoms with Crippen molar-refractivity contribution in [1.82, 2.24) is 9.66 Å². The molecule has 0 fully saturated rings. The van der Waals surface area contributed by atoms with Crippen molar-refractivity contribution in [2.75, 3.05) is 11.6 Å². The van der Waals surface area contributed by atoms with Gasteiger partial charge in [0.05, 0.1) is 4.88 Å². The lowest BCUT2D eigenvalue weighted by Crippen LogP contribution is -2.39. The zero-order chi connectivity index (χ0) is 13.1. The Morgan fingerprint density at radius 1 is 1.56 bits per heavy atom. The van der Waals surface area contributed by atoms with Crippen LogP contribution in [0.3, 0.4) is 0 Å². The molecule has 0 aliphatic heterocycles. The predicted octanol–water partition coefficient (Wildman–Crippen LogP) is 2.81. The summed E-state index contributed by atoms with van der Waals surface area (Å²) >= 11 is 1.65. The summed E-state index contributed by atoms with van der Waals surface area (Å²) in [6.45, 7) is 6.40. The fraction of sp³-hybridized carbons (Fsp3) is 0.385. The maximum absolute atomic E-state index is 11.7. The monoisotopic (exact) mass is 263 g/mol. The molecule has 0 saturated heterocycles. The second-order valence-corrected chi connectivity index (χ2v) is 5.09. The Kier molecular flexibility index (Phi) is 3.81. The van der Waals surface area contributed by atoms with E-state index in [1.165, 1.54) is 5.56 Å². The van der Waals surface area contributed by atoms with Gasteiger partial charge in [0.25, 0.3) is 0 Å². The highest BCUT2D eigenvalue weighted by molar-refractivity contribution is 7.13. The Balaban J connectivity index is 2.44. The van der Waals surface area contributed by atoms with Crippen molar-refractivity contribution in [3.8, 4) is 10.7 Å². The summed E-state index contributed by atoms with van der Waals surface area (Å²) in [4.78, 5) is 17.2. The van der Waals surface area contributed by atoms with E-state index in [1.54, 1.807) is 29.5 Å². The van der Waals surface area contributed by atoms with Crippen LogP contribution in [0.1, 0.15) is 25.8 Å². The lowest BCUT2D eigenvalue weighted by molar-refractivity contribution is -0.118. The minimum absolute atomic E-state index is 0.0327. The molecule has 0 radical (unpaired) electrons. The molecule has 2 aromatic rings. The summed E-state index contributed by atoms with van der Waals surface area (Å²) in [6, 6.07) is 2.07. The number of carbonyl (C=O) groups excluding carboxylic acids is 1. The lowest BCUT2D eigenvalue weighted by atomic mass is 10.3. The van der Waals surface area contributed by atoms with Gasteiger partial charge in [-0.2, -0.15) is 0 Å². The van der Waals surface area contributed by atoms with E-state index < -0.39 is 0 Å². The third-order valence-corrected chi connectivity index (χ3v) is 3.76. The van der Waals surface area contributed by atoms with E-state index in [9.17, 15) is 4.79 Å². The van der Waals surface area contributed by atoms with E-state index in [4.69, 9.17) is 0 Å². The van der Waals surface area contributed by atoms with E-state index in [2.05, 4.69) is 24.9 Å². The Hall–Kier alpha value is -1.62. The number of hydrogen-bond donors (Lipinski definition) is 0. The van der Waals surface area contributed by atoms with E-state index in [1.807, 2.05) is 16.3 Å². The average molecular weight is 263 g/mol. The zero-order valence-corrected chi connectivity index (χ0v) is 11.7. The summed E-state index contributed by atoms with van der Waals surface area (Å²) < 4.78 is 1.85. The molecular formula is C13H17N3OS. The first-order valence-corrected chi connectivity index (χ1v) is 6.89. The molecule has 0 aliphatic rings. The summed E-state index contributed by atoms with van der Waals surface area (Å²) in [5.41, 5.74) is 1.19. The summed E-state index contributed by atoms with van der Waals surface area (Å²) in [7, 11) is 0. The van der Waals surface area contributed by atoms with Gasteiger partial charge >= 0.3 is 0 Å². The second-order valence-electron chi connectivity index (χ2n) is 4.17. The Bertz CT molecular complexity index is 544. The summed E-state index contributed by atoms with van der Waals surface area (Å²) in [5, 5.41) is 3.77. The van der Waals surface area contributed by atoms with Gasteiger partial charge in [-0.15, -0.1) is 11.3 Å². The van der Waals surface area contributed by atoms with E-state index >= 15 is 0 Å². The van der Waals surface area contributed by atoms with E-state index in [0.717, 1.165) is 17.1 Å². The molecule has 0 saturated carbocycles. The van der Waals surface area contributed by atoms with Crippen LogP contribution in [0.4, 0.5) is 0 Å². The summed E-state index contributed by atoms with van der Waals surface area (Å²) in [6.07, 6.45) is 4.49. The van der Waals surface area contributed by atoms with Crippen molar-refractivity contribution in [3.05, 3.63) is 29.4 Å². The molecule has 0 unspecified atom stereocenters. The normalized spacial score (nSPS) is 10.6. The van der Waals surface area contributed by atoms with Crippen LogP contribution in [-0.2, 0) is 4.79 Å². The largest absolute Gasteiger partial charge is 0.273 e. The quantitative estimate of drug-likeness (QED) is 0.850. The summed E-state index contributed by atoms with van der Waals surface area (Å²) in [5.74, 6) is 0.872. The lowest BCUT2D eigenvalue weighted by Gasteiger charge is -2.23. The van der Waals surface area contributed by atoms with Gasteiger partial charge in [0.1, 0.15) is 0 Å². The van der Waals surface area contributed by atoms with Gasteiger partial charge in [-0.3, -0.25) is 4.79 Å². The number of aromatic nitrogens is 2. The van der Waals surface area contributed by atoms with Gasteiger partial charge in [-0.25, -0.2) is 14.7 Å². The van der Waals surface area contributed by atoms with Crippen molar-refractivity contribution in [2.24, 2.45) is 0 Å². The minimum atomic E-state index is 0.0327. The second kappa shape index (κ2) is 5.35. The number of imidazole rings is 1. The highest BCUT2D eigenvalue weighted by Crippen LogP contribution is 2.27. The molecule has 0 bridgehead atoms. The molecule has 96 valence electrons. The van der Waals surface area contributed by atoms with Crippen molar-refractivity contribution in [3.63, 3.8) is 0 Å². The Labute approximate surface area is 111 Å². The topological polar surface area (TPSA) is 38.1 Å². The molecular weight excluding hydrogens is 246 g/mol. The standard InChI is InChI=1S/C13H17N3OS/c1-4-7-15(11(3)17)16-8-6-14-13(16)12-10(2)5-9-18-12/h5-6,8-9H,4,7H2,1-3H3. The van der Waals surface area contributed by atoms with Crippen LogP contribution in [-0.4, -0.2) is 22.1 Å². The average Bonchev–Trinajstić information content (AvgIpc) is 2.93. The number of thiophene rings is 1. The zero-order valence-electron chi connectivity index (χ0n) is 10.9. The van der Waals surface area contributed by atoms with Crippen molar-refractivity contribution < 1.29 is 4.79 Å². The molecule has 0 atom stereocenters. The van der Waals surface area contributed by atoms with Gasteiger partial charge in [-0.1, -0.05) is 6.92 Å². The van der Waals surface area contributed by atoms with Crippen molar-refractivity contribution in [2.45, 2.75) is 27.2 Å². The molecule has 2 rings (SSSR count). The Morgan fingerprint density at radius 3 is 2.89 bits per heavy atom. The van der Waals surface area contributed by atoms with Gasteiger partial charge < -0.3 is 0 Å². The smallest absolute Gasteiger partial charge is 0.238 e. The SMILES string of the molecule is CCCN(C(C)=O)n1ccnc1-c1sccc1C. The van der Waals surface area contributed by atoms with Crippen LogP contribution in [0.15, 0.2) is 23.8 Å². The first-order valence-electron chi connectivity index (χ1n) is 6.01. The minimum Gasteiger partial charge on any atom is -0.273 e. The highest BCUT2D eigenvalue weighted by Gasteiger charge is 2.16. The number of carbonyl (C=O) groups is 1. The molecule has 2 heterocycles. The van der Waals surface area contributed by atoms with E-state index in [0.29, 0.717) is 6.54 Å². The van der Waals surface area contributed by atoms with Crippen LogP contribution < -0.4 is 5.01 Å². The molecule has 0 spiro atoms. The number of amides is 1. The third kappa shape index (κ3) is 2.31. The van der Waals surface area contributed by atoms with Crippen LogP contribution in [0, 0.1) is 6.92 Å². The number of aryl methyl sites for hydroxylation is 1. The molecule has 18 heavy (non-hydrogen) atoms. The molecule has 2 aromatic heterocycles. The van der Waals surface area contributed by atoms with Crippen molar-refractivity contribution in [1.29, 1.82) is 0 Å². The maximum Gasteiger partial charge on any atom is 0.238 e. The maximum atomic E-state index is 11.7. The van der Waals surface area contributed by atoms with E-state index in [-0.39, 0.29) is 5.91 Å². The number of hydrogen-bond acceptors (Lipinski definition) is 3. The van der Waals surface area contributed by atoms with Crippen molar-refractivity contribution >= 4 is 17.2 Å². The first kappa shape index (κ1) is 12.8. The van der Waals surface area contributed by atoms with Gasteiger partial charge in [0.2, 0.25) is 5.91 Å². The molecule has 4 nitrogen and oxygen atoms in total. The van der Waals surface area contributed by atoms with Crippen LogP contribution in [0.5, 0.6) is 0 Å². The van der Waals surface area contributed by atoms with Gasteiger partial charge in [-0.05, 0) is 30.4 Å².